The molecule has 0 radical (unpaired) electrons. The number of carbonyl (C=O) groups is 1. The number of aryl methyl sites for hydroxylation is 1. The summed E-state index contributed by atoms with van der Waals surface area (Å²) >= 11 is 3.48. The Balaban J connectivity index is 1.79. The Morgan fingerprint density at radius 3 is 2.78 bits per heavy atom. The molecule has 0 aromatic heterocycles. The molecule has 2 N–H and O–H groups in total. The minimum absolute atomic E-state index is 0.0820. The predicted molar refractivity (Wildman–Crippen MR) is 77.8 cm³/mol. The van der Waals surface area contributed by atoms with E-state index < -0.39 is 0 Å². The Hall–Kier alpha value is -1.03. The molecule has 0 atom stereocenters. The highest BCUT2D eigenvalue weighted by Crippen LogP contribution is 2.20. The lowest BCUT2D eigenvalue weighted by molar-refractivity contribution is -0.120. The van der Waals surface area contributed by atoms with Gasteiger partial charge in [-0.25, -0.2) is 0 Å². The van der Waals surface area contributed by atoms with Crippen LogP contribution in [-0.4, -0.2) is 18.5 Å². The molecule has 1 aliphatic rings. The summed E-state index contributed by atoms with van der Waals surface area (Å²) in [6.45, 7) is 2.38. The molecule has 1 fully saturated rings. The Morgan fingerprint density at radius 2 is 2.11 bits per heavy atom. The van der Waals surface area contributed by atoms with Crippen molar-refractivity contribution in [1.29, 1.82) is 0 Å². The maximum atomic E-state index is 11.7. The fraction of sp³-hybridized carbons (Fsp3) is 0.500. The van der Waals surface area contributed by atoms with Gasteiger partial charge in [0.2, 0.25) is 5.91 Å². The summed E-state index contributed by atoms with van der Waals surface area (Å²) in [5.41, 5.74) is 2.16. The van der Waals surface area contributed by atoms with Gasteiger partial charge in [-0.3, -0.25) is 4.79 Å². The smallest absolute Gasteiger partial charge is 0.239 e. The second kappa shape index (κ2) is 6.23. The van der Waals surface area contributed by atoms with Gasteiger partial charge in [0, 0.05) is 16.2 Å². The van der Waals surface area contributed by atoms with Crippen LogP contribution < -0.4 is 10.6 Å². The second-order valence-corrected chi connectivity index (χ2v) is 5.72. The number of anilines is 1. The molecule has 98 valence electrons. The van der Waals surface area contributed by atoms with E-state index in [1.54, 1.807) is 0 Å². The normalized spacial score (nSPS) is 15.7. The van der Waals surface area contributed by atoms with E-state index in [1.165, 1.54) is 18.4 Å². The minimum atomic E-state index is 0.0820. The highest BCUT2D eigenvalue weighted by molar-refractivity contribution is 9.10. The zero-order valence-electron chi connectivity index (χ0n) is 10.6. The summed E-state index contributed by atoms with van der Waals surface area (Å²) in [6, 6.07) is 6.41. The summed E-state index contributed by atoms with van der Waals surface area (Å²) in [7, 11) is 0. The van der Waals surface area contributed by atoms with Crippen LogP contribution in [0.3, 0.4) is 0 Å². The largest absolute Gasteiger partial charge is 0.376 e. The molecular formula is C14H19BrN2O. The fourth-order valence-corrected chi connectivity index (χ4v) is 2.61. The van der Waals surface area contributed by atoms with Crippen LogP contribution in [-0.2, 0) is 4.79 Å². The van der Waals surface area contributed by atoms with Gasteiger partial charge in [-0.2, -0.15) is 0 Å². The maximum absolute atomic E-state index is 11.7. The molecule has 0 spiro atoms. The van der Waals surface area contributed by atoms with Crippen molar-refractivity contribution in [2.45, 2.75) is 38.6 Å². The lowest BCUT2D eigenvalue weighted by Crippen LogP contribution is -2.36. The first-order valence-electron chi connectivity index (χ1n) is 6.44. The fourth-order valence-electron chi connectivity index (χ4n) is 2.23. The Kier molecular flexibility index (Phi) is 4.64. The van der Waals surface area contributed by atoms with E-state index in [9.17, 15) is 4.79 Å². The van der Waals surface area contributed by atoms with E-state index >= 15 is 0 Å². The molecule has 1 aliphatic carbocycles. The van der Waals surface area contributed by atoms with Crippen molar-refractivity contribution in [3.63, 3.8) is 0 Å². The minimum Gasteiger partial charge on any atom is -0.376 e. The molecule has 4 heteroatoms. The quantitative estimate of drug-likeness (QED) is 0.896. The molecular weight excluding hydrogens is 292 g/mol. The Labute approximate surface area is 116 Å². The zero-order valence-corrected chi connectivity index (χ0v) is 12.2. The van der Waals surface area contributed by atoms with Gasteiger partial charge in [0.15, 0.2) is 0 Å². The number of rotatable bonds is 4. The molecule has 0 saturated heterocycles. The molecule has 0 heterocycles. The summed E-state index contributed by atoms with van der Waals surface area (Å²) in [5, 5.41) is 6.21. The van der Waals surface area contributed by atoms with Gasteiger partial charge in [0.05, 0.1) is 6.54 Å². The average Bonchev–Trinajstić information content (AvgIpc) is 2.83. The van der Waals surface area contributed by atoms with E-state index in [1.807, 2.05) is 25.1 Å². The van der Waals surface area contributed by atoms with Crippen LogP contribution in [0.2, 0.25) is 0 Å². The first-order chi connectivity index (χ1) is 8.65. The highest BCUT2D eigenvalue weighted by Gasteiger charge is 2.16. The summed E-state index contributed by atoms with van der Waals surface area (Å²) < 4.78 is 1.06. The Bertz CT molecular complexity index is 428. The third-order valence-corrected chi connectivity index (χ3v) is 4.20. The third-order valence-electron chi connectivity index (χ3n) is 3.35. The number of nitrogens with one attached hydrogen (secondary N) is 2. The van der Waals surface area contributed by atoms with Crippen molar-refractivity contribution in [3.8, 4) is 0 Å². The molecule has 3 nitrogen and oxygen atoms in total. The first-order valence-corrected chi connectivity index (χ1v) is 7.24. The maximum Gasteiger partial charge on any atom is 0.239 e. The van der Waals surface area contributed by atoms with E-state index in [0.717, 1.165) is 23.0 Å². The molecule has 1 aromatic carbocycles. The number of benzene rings is 1. The first kappa shape index (κ1) is 13.4. The van der Waals surface area contributed by atoms with Crippen molar-refractivity contribution < 1.29 is 4.79 Å². The molecule has 0 aliphatic heterocycles. The van der Waals surface area contributed by atoms with Crippen LogP contribution in [0, 0.1) is 6.92 Å². The van der Waals surface area contributed by atoms with Crippen molar-refractivity contribution in [3.05, 3.63) is 28.2 Å². The van der Waals surface area contributed by atoms with Crippen molar-refractivity contribution >= 4 is 27.5 Å². The molecule has 0 unspecified atom stereocenters. The molecule has 1 saturated carbocycles. The van der Waals surface area contributed by atoms with E-state index in [-0.39, 0.29) is 5.91 Å². The van der Waals surface area contributed by atoms with Crippen LogP contribution in [0.4, 0.5) is 5.69 Å². The Morgan fingerprint density at radius 1 is 1.39 bits per heavy atom. The van der Waals surface area contributed by atoms with Crippen LogP contribution in [0.1, 0.15) is 31.2 Å². The van der Waals surface area contributed by atoms with Gasteiger partial charge >= 0.3 is 0 Å². The zero-order chi connectivity index (χ0) is 13.0. The third kappa shape index (κ3) is 3.73. The molecule has 18 heavy (non-hydrogen) atoms. The van der Waals surface area contributed by atoms with Gasteiger partial charge in [-0.05, 0) is 37.5 Å². The van der Waals surface area contributed by atoms with E-state index in [2.05, 4.69) is 26.6 Å². The average molecular weight is 311 g/mol. The van der Waals surface area contributed by atoms with Gasteiger partial charge < -0.3 is 10.6 Å². The predicted octanol–water partition coefficient (Wildman–Crippen LogP) is 3.23. The molecule has 1 aromatic rings. The number of halogens is 1. The van der Waals surface area contributed by atoms with Crippen LogP contribution in [0.5, 0.6) is 0 Å². The van der Waals surface area contributed by atoms with Crippen LogP contribution >= 0.6 is 15.9 Å². The van der Waals surface area contributed by atoms with Gasteiger partial charge in [0.1, 0.15) is 0 Å². The van der Waals surface area contributed by atoms with Crippen molar-refractivity contribution in [1.82, 2.24) is 5.32 Å². The number of hydrogen-bond acceptors (Lipinski definition) is 2. The van der Waals surface area contributed by atoms with Gasteiger partial charge in [0.25, 0.3) is 0 Å². The topological polar surface area (TPSA) is 41.1 Å². The van der Waals surface area contributed by atoms with Crippen LogP contribution in [0.25, 0.3) is 0 Å². The highest BCUT2D eigenvalue weighted by atomic mass is 79.9. The standard InChI is InChI=1S/C14H19BrN2O/c1-10-6-7-12(8-13(10)15)16-9-14(18)17-11-4-2-3-5-11/h6-8,11,16H,2-5,9H2,1H3,(H,17,18). The van der Waals surface area contributed by atoms with Crippen LogP contribution in [0.15, 0.2) is 22.7 Å². The number of hydrogen-bond donors (Lipinski definition) is 2. The lowest BCUT2D eigenvalue weighted by atomic mass is 10.2. The molecule has 2 rings (SSSR count). The molecule has 0 bridgehead atoms. The number of carbonyl (C=O) groups excluding carboxylic acids is 1. The number of amides is 1. The van der Waals surface area contributed by atoms with E-state index in [0.29, 0.717) is 12.6 Å². The summed E-state index contributed by atoms with van der Waals surface area (Å²) in [4.78, 5) is 11.7. The van der Waals surface area contributed by atoms with Crippen molar-refractivity contribution in [2.75, 3.05) is 11.9 Å². The van der Waals surface area contributed by atoms with E-state index in [4.69, 9.17) is 0 Å². The summed E-state index contributed by atoms with van der Waals surface area (Å²) in [6.07, 6.45) is 4.73. The monoisotopic (exact) mass is 310 g/mol. The lowest BCUT2D eigenvalue weighted by Gasteiger charge is -2.13. The second-order valence-electron chi connectivity index (χ2n) is 4.87. The SMILES string of the molecule is Cc1ccc(NCC(=O)NC2CCCC2)cc1Br. The summed E-state index contributed by atoms with van der Waals surface area (Å²) in [5.74, 6) is 0.0820. The molecule has 1 amide bonds. The van der Waals surface area contributed by atoms with Gasteiger partial charge in [-0.15, -0.1) is 0 Å². The van der Waals surface area contributed by atoms with Crippen molar-refractivity contribution in [2.24, 2.45) is 0 Å². The van der Waals surface area contributed by atoms with Gasteiger partial charge in [-0.1, -0.05) is 34.8 Å².